The fraction of sp³-hybridized carbons (Fsp3) is 0.615. The van der Waals surface area contributed by atoms with Crippen molar-refractivity contribution in [3.05, 3.63) is 17.3 Å². The molecule has 1 aromatic heterocycles. The van der Waals surface area contributed by atoms with Crippen LogP contribution in [0.3, 0.4) is 0 Å². The number of anilines is 1. The monoisotopic (exact) mass is 319 g/mol. The summed E-state index contributed by atoms with van der Waals surface area (Å²) in [6, 6.07) is 1.43. The van der Waals surface area contributed by atoms with E-state index >= 15 is 0 Å². The second-order valence-electron chi connectivity index (χ2n) is 4.53. The highest BCUT2D eigenvalue weighted by Gasteiger charge is 2.15. The molecule has 1 rings (SSSR count). The SMILES string of the molecule is CCCCCNS(=O)(=O)c1cnc(NCCC)c(Cl)c1. The molecule has 0 aliphatic carbocycles. The maximum Gasteiger partial charge on any atom is 0.242 e. The molecule has 0 aliphatic rings. The minimum atomic E-state index is -3.53. The molecule has 114 valence electrons. The number of hydrogen-bond donors (Lipinski definition) is 2. The highest BCUT2D eigenvalue weighted by Crippen LogP contribution is 2.22. The normalized spacial score (nSPS) is 11.6. The summed E-state index contributed by atoms with van der Waals surface area (Å²) in [6.07, 6.45) is 5.14. The first-order valence-corrected chi connectivity index (χ1v) is 8.76. The smallest absolute Gasteiger partial charge is 0.242 e. The summed E-state index contributed by atoms with van der Waals surface area (Å²) >= 11 is 6.04. The van der Waals surface area contributed by atoms with Gasteiger partial charge in [-0.3, -0.25) is 0 Å². The van der Waals surface area contributed by atoms with Crippen molar-refractivity contribution in [3.63, 3.8) is 0 Å². The molecule has 0 saturated carbocycles. The second kappa shape index (κ2) is 8.44. The first-order valence-electron chi connectivity index (χ1n) is 6.90. The molecule has 2 N–H and O–H groups in total. The molecule has 20 heavy (non-hydrogen) atoms. The third-order valence-electron chi connectivity index (χ3n) is 2.74. The summed E-state index contributed by atoms with van der Waals surface area (Å²) < 4.78 is 26.6. The van der Waals surface area contributed by atoms with E-state index in [-0.39, 0.29) is 4.90 Å². The number of aromatic nitrogens is 1. The molecule has 7 heteroatoms. The van der Waals surface area contributed by atoms with Gasteiger partial charge in [-0.2, -0.15) is 0 Å². The van der Waals surface area contributed by atoms with Crippen LogP contribution in [0, 0.1) is 0 Å². The van der Waals surface area contributed by atoms with Gasteiger partial charge in [0.25, 0.3) is 0 Å². The Hall–Kier alpha value is -0.850. The number of hydrogen-bond acceptors (Lipinski definition) is 4. The first-order chi connectivity index (χ1) is 9.51. The van der Waals surface area contributed by atoms with Crippen molar-refractivity contribution >= 4 is 27.4 Å². The van der Waals surface area contributed by atoms with Gasteiger partial charge in [-0.1, -0.05) is 38.3 Å². The number of nitrogens with one attached hydrogen (secondary N) is 2. The maximum atomic E-state index is 12.0. The van der Waals surface area contributed by atoms with Crippen LogP contribution in [0.5, 0.6) is 0 Å². The van der Waals surface area contributed by atoms with Crippen LogP contribution in [0.25, 0.3) is 0 Å². The lowest BCUT2D eigenvalue weighted by Crippen LogP contribution is -2.25. The van der Waals surface area contributed by atoms with E-state index in [4.69, 9.17) is 11.6 Å². The van der Waals surface area contributed by atoms with Crippen molar-refractivity contribution in [2.24, 2.45) is 0 Å². The van der Waals surface area contributed by atoms with E-state index in [2.05, 4.69) is 21.9 Å². The van der Waals surface area contributed by atoms with E-state index in [1.54, 1.807) is 0 Å². The third-order valence-corrected chi connectivity index (χ3v) is 4.46. The Morgan fingerprint density at radius 1 is 1.20 bits per heavy atom. The summed E-state index contributed by atoms with van der Waals surface area (Å²) in [5.74, 6) is 0.512. The molecule has 0 radical (unpaired) electrons. The third kappa shape index (κ3) is 5.26. The largest absolute Gasteiger partial charge is 0.369 e. The van der Waals surface area contributed by atoms with Crippen molar-refractivity contribution in [2.45, 2.75) is 44.4 Å². The highest BCUT2D eigenvalue weighted by atomic mass is 35.5. The number of pyridine rings is 1. The molecule has 0 unspecified atom stereocenters. The average molecular weight is 320 g/mol. The standard InChI is InChI=1S/C13H22ClN3O2S/c1-3-5-6-8-17-20(18,19)11-9-12(14)13(16-10-11)15-7-4-2/h9-10,17H,3-8H2,1-2H3,(H,15,16). The number of rotatable bonds is 9. The maximum absolute atomic E-state index is 12.0. The van der Waals surface area contributed by atoms with Crippen molar-refractivity contribution in [2.75, 3.05) is 18.4 Å². The van der Waals surface area contributed by atoms with Crippen LogP contribution in [0.1, 0.15) is 39.5 Å². The van der Waals surface area contributed by atoms with Crippen LogP contribution in [-0.2, 0) is 10.0 Å². The van der Waals surface area contributed by atoms with E-state index in [0.717, 1.165) is 32.2 Å². The van der Waals surface area contributed by atoms with Crippen molar-refractivity contribution in [1.82, 2.24) is 9.71 Å². The molecule has 0 saturated heterocycles. The fourth-order valence-electron chi connectivity index (χ4n) is 1.61. The lowest BCUT2D eigenvalue weighted by Gasteiger charge is -2.09. The van der Waals surface area contributed by atoms with Gasteiger partial charge in [-0.05, 0) is 18.9 Å². The Balaban J connectivity index is 2.73. The van der Waals surface area contributed by atoms with E-state index in [1.165, 1.54) is 12.3 Å². The molecule has 0 bridgehead atoms. The van der Waals surface area contributed by atoms with Gasteiger partial charge in [-0.15, -0.1) is 0 Å². The summed E-state index contributed by atoms with van der Waals surface area (Å²) in [4.78, 5) is 4.16. The van der Waals surface area contributed by atoms with Gasteiger partial charge >= 0.3 is 0 Å². The first kappa shape index (κ1) is 17.2. The van der Waals surface area contributed by atoms with Gasteiger partial charge < -0.3 is 5.32 Å². The van der Waals surface area contributed by atoms with Crippen molar-refractivity contribution < 1.29 is 8.42 Å². The molecular weight excluding hydrogens is 298 g/mol. The topological polar surface area (TPSA) is 71.1 Å². The molecule has 0 amide bonds. The summed E-state index contributed by atoms with van der Waals surface area (Å²) in [5.41, 5.74) is 0. The van der Waals surface area contributed by atoms with Crippen LogP contribution >= 0.6 is 11.6 Å². The number of sulfonamides is 1. The Bertz CT molecular complexity index is 520. The fourth-order valence-corrected chi connectivity index (χ4v) is 2.95. The zero-order chi connectivity index (χ0) is 15.0. The van der Waals surface area contributed by atoms with Crippen LogP contribution in [0.15, 0.2) is 17.2 Å². The van der Waals surface area contributed by atoms with Gasteiger partial charge in [0.2, 0.25) is 10.0 Å². The molecular formula is C13H22ClN3O2S. The minimum Gasteiger partial charge on any atom is -0.369 e. The van der Waals surface area contributed by atoms with E-state index in [9.17, 15) is 8.42 Å². The number of unbranched alkanes of at least 4 members (excludes halogenated alkanes) is 2. The lowest BCUT2D eigenvalue weighted by atomic mass is 10.3. The second-order valence-corrected chi connectivity index (χ2v) is 6.71. The Labute approximate surface area is 126 Å². The predicted octanol–water partition coefficient (Wildman–Crippen LogP) is 3.03. The summed E-state index contributed by atoms with van der Waals surface area (Å²) in [7, 11) is -3.53. The molecule has 0 aromatic carbocycles. The molecule has 5 nitrogen and oxygen atoms in total. The van der Waals surface area contributed by atoms with Crippen molar-refractivity contribution in [3.8, 4) is 0 Å². The molecule has 0 spiro atoms. The van der Waals surface area contributed by atoms with Crippen molar-refractivity contribution in [1.29, 1.82) is 0 Å². The van der Waals surface area contributed by atoms with Gasteiger partial charge in [0.05, 0.1) is 5.02 Å². The van der Waals surface area contributed by atoms with E-state index < -0.39 is 10.0 Å². The van der Waals surface area contributed by atoms with Crippen LogP contribution in [-0.4, -0.2) is 26.5 Å². The predicted molar refractivity (Wildman–Crippen MR) is 82.7 cm³/mol. The number of nitrogens with zero attached hydrogens (tertiary/aromatic N) is 1. The van der Waals surface area contributed by atoms with E-state index in [1.807, 2.05) is 6.92 Å². The van der Waals surface area contributed by atoms with E-state index in [0.29, 0.717) is 17.4 Å². The Morgan fingerprint density at radius 3 is 2.55 bits per heavy atom. The molecule has 0 aliphatic heterocycles. The summed E-state index contributed by atoms with van der Waals surface area (Å²) in [6.45, 7) is 5.28. The van der Waals surface area contributed by atoms with Gasteiger partial charge in [0.15, 0.2) is 0 Å². The Kier molecular flexibility index (Phi) is 7.26. The zero-order valence-electron chi connectivity index (χ0n) is 11.9. The highest BCUT2D eigenvalue weighted by molar-refractivity contribution is 7.89. The van der Waals surface area contributed by atoms with Crippen LogP contribution in [0.2, 0.25) is 5.02 Å². The molecule has 1 heterocycles. The average Bonchev–Trinajstić information content (AvgIpc) is 2.42. The number of halogens is 1. The minimum absolute atomic E-state index is 0.0982. The van der Waals surface area contributed by atoms with Gasteiger partial charge in [0, 0.05) is 19.3 Å². The van der Waals surface area contributed by atoms with Crippen LogP contribution in [0.4, 0.5) is 5.82 Å². The summed E-state index contributed by atoms with van der Waals surface area (Å²) in [5, 5.41) is 3.36. The Morgan fingerprint density at radius 2 is 1.95 bits per heavy atom. The lowest BCUT2D eigenvalue weighted by molar-refractivity contribution is 0.575. The quantitative estimate of drug-likeness (QED) is 0.686. The molecule has 1 aromatic rings. The zero-order valence-corrected chi connectivity index (χ0v) is 13.5. The van der Waals surface area contributed by atoms with Gasteiger partial charge in [-0.25, -0.2) is 18.1 Å². The molecule has 0 atom stereocenters. The van der Waals surface area contributed by atoms with Crippen LogP contribution < -0.4 is 10.0 Å². The molecule has 0 fully saturated rings. The van der Waals surface area contributed by atoms with Gasteiger partial charge in [0.1, 0.15) is 10.7 Å².